The molecule has 5 nitrogen and oxygen atoms in total. The second-order valence-corrected chi connectivity index (χ2v) is 5.70. The Kier molecular flexibility index (Phi) is 6.05. The molecule has 18 heavy (non-hydrogen) atoms. The van der Waals surface area contributed by atoms with E-state index in [0.29, 0.717) is 12.5 Å². The molecule has 1 amide bonds. The van der Waals surface area contributed by atoms with Crippen LogP contribution in [0.15, 0.2) is 0 Å². The van der Waals surface area contributed by atoms with E-state index >= 15 is 0 Å². The van der Waals surface area contributed by atoms with E-state index in [1.807, 2.05) is 6.92 Å². The summed E-state index contributed by atoms with van der Waals surface area (Å²) in [5.74, 6) is 0.602. The summed E-state index contributed by atoms with van der Waals surface area (Å²) in [5, 5.41) is 3.00. The maximum atomic E-state index is 12.1. The van der Waals surface area contributed by atoms with Gasteiger partial charge in [0.2, 0.25) is 5.91 Å². The van der Waals surface area contributed by atoms with Gasteiger partial charge < -0.3 is 16.0 Å². The van der Waals surface area contributed by atoms with Crippen LogP contribution in [0.3, 0.4) is 0 Å². The molecule has 1 rings (SSSR count). The highest BCUT2D eigenvalue weighted by atomic mass is 16.2. The number of likely N-dealkylation sites (N-methyl/N-ethyl adjacent to an activating group) is 1. The Morgan fingerprint density at radius 3 is 2.61 bits per heavy atom. The molecule has 0 radical (unpaired) electrons. The fourth-order valence-corrected chi connectivity index (χ4v) is 2.35. The highest BCUT2D eigenvalue weighted by molar-refractivity contribution is 5.81. The van der Waals surface area contributed by atoms with Gasteiger partial charge in [-0.25, -0.2) is 0 Å². The van der Waals surface area contributed by atoms with Gasteiger partial charge in [0.25, 0.3) is 0 Å². The SMILES string of the molecule is CC(C)CNC(=O)C(C)N1CCN(C)CC1CN. The number of amides is 1. The molecule has 0 aromatic rings. The number of hydrogen-bond acceptors (Lipinski definition) is 4. The maximum Gasteiger partial charge on any atom is 0.237 e. The molecule has 0 bridgehead atoms. The second kappa shape index (κ2) is 7.07. The van der Waals surface area contributed by atoms with E-state index < -0.39 is 0 Å². The van der Waals surface area contributed by atoms with Crippen LogP contribution >= 0.6 is 0 Å². The summed E-state index contributed by atoms with van der Waals surface area (Å²) in [5.41, 5.74) is 5.82. The van der Waals surface area contributed by atoms with Gasteiger partial charge in [0.05, 0.1) is 6.04 Å². The lowest BCUT2D eigenvalue weighted by atomic mass is 10.1. The number of hydrogen-bond donors (Lipinski definition) is 2. The topological polar surface area (TPSA) is 61.6 Å². The van der Waals surface area contributed by atoms with Gasteiger partial charge in [-0.15, -0.1) is 0 Å². The van der Waals surface area contributed by atoms with E-state index in [1.165, 1.54) is 0 Å². The molecule has 3 N–H and O–H groups in total. The minimum absolute atomic E-state index is 0.0917. The van der Waals surface area contributed by atoms with Crippen molar-refractivity contribution in [2.75, 3.05) is 39.8 Å². The number of nitrogens with one attached hydrogen (secondary N) is 1. The van der Waals surface area contributed by atoms with Crippen LogP contribution in [0.4, 0.5) is 0 Å². The number of nitrogens with zero attached hydrogens (tertiary/aromatic N) is 2. The van der Waals surface area contributed by atoms with Crippen LogP contribution in [0.5, 0.6) is 0 Å². The summed E-state index contributed by atoms with van der Waals surface area (Å²) in [4.78, 5) is 16.6. The fraction of sp³-hybridized carbons (Fsp3) is 0.923. The zero-order valence-corrected chi connectivity index (χ0v) is 12.1. The van der Waals surface area contributed by atoms with Crippen LogP contribution in [0.1, 0.15) is 20.8 Å². The summed E-state index contributed by atoms with van der Waals surface area (Å²) in [6.45, 7) is 10.4. The van der Waals surface area contributed by atoms with Gasteiger partial charge in [-0.3, -0.25) is 9.69 Å². The van der Waals surface area contributed by atoms with Gasteiger partial charge in [0.1, 0.15) is 0 Å². The van der Waals surface area contributed by atoms with Gasteiger partial charge in [-0.1, -0.05) is 13.8 Å². The van der Waals surface area contributed by atoms with Crippen molar-refractivity contribution < 1.29 is 4.79 Å². The zero-order valence-electron chi connectivity index (χ0n) is 12.1. The van der Waals surface area contributed by atoms with Crippen LogP contribution in [0, 0.1) is 5.92 Å². The lowest BCUT2D eigenvalue weighted by molar-refractivity contribution is -0.127. The molecular weight excluding hydrogens is 228 g/mol. The minimum Gasteiger partial charge on any atom is -0.354 e. The Morgan fingerprint density at radius 2 is 2.06 bits per heavy atom. The third-order valence-corrected chi connectivity index (χ3v) is 3.56. The quantitative estimate of drug-likeness (QED) is 0.710. The molecule has 0 saturated carbocycles. The average Bonchev–Trinajstić information content (AvgIpc) is 2.34. The van der Waals surface area contributed by atoms with Crippen molar-refractivity contribution in [1.29, 1.82) is 0 Å². The van der Waals surface area contributed by atoms with Gasteiger partial charge >= 0.3 is 0 Å². The second-order valence-electron chi connectivity index (χ2n) is 5.70. The van der Waals surface area contributed by atoms with E-state index in [4.69, 9.17) is 5.73 Å². The van der Waals surface area contributed by atoms with Crippen molar-refractivity contribution in [3.8, 4) is 0 Å². The molecule has 1 aliphatic heterocycles. The number of rotatable bonds is 5. The molecule has 1 fully saturated rings. The molecule has 0 aliphatic carbocycles. The summed E-state index contributed by atoms with van der Waals surface area (Å²) in [7, 11) is 2.10. The molecular formula is C13H28N4O. The largest absolute Gasteiger partial charge is 0.354 e. The van der Waals surface area contributed by atoms with Gasteiger partial charge in [0, 0.05) is 38.8 Å². The van der Waals surface area contributed by atoms with Crippen molar-refractivity contribution in [2.45, 2.75) is 32.9 Å². The van der Waals surface area contributed by atoms with Crippen molar-refractivity contribution in [1.82, 2.24) is 15.1 Å². The van der Waals surface area contributed by atoms with Crippen LogP contribution < -0.4 is 11.1 Å². The van der Waals surface area contributed by atoms with E-state index in [-0.39, 0.29) is 18.0 Å². The Morgan fingerprint density at radius 1 is 1.39 bits per heavy atom. The van der Waals surface area contributed by atoms with Gasteiger partial charge in [-0.05, 0) is 19.9 Å². The lowest BCUT2D eigenvalue weighted by Gasteiger charge is -2.42. The Bertz CT molecular complexity index is 270. The Labute approximate surface area is 111 Å². The lowest BCUT2D eigenvalue weighted by Crippen LogP contribution is -2.60. The van der Waals surface area contributed by atoms with Crippen LogP contribution in [-0.4, -0.2) is 67.6 Å². The molecule has 0 aromatic heterocycles. The fourth-order valence-electron chi connectivity index (χ4n) is 2.35. The molecule has 2 atom stereocenters. The van der Waals surface area contributed by atoms with Gasteiger partial charge in [-0.2, -0.15) is 0 Å². The molecule has 2 unspecified atom stereocenters. The van der Waals surface area contributed by atoms with E-state index in [1.54, 1.807) is 0 Å². The number of nitrogens with two attached hydrogens (primary N) is 1. The number of piperazine rings is 1. The summed E-state index contributed by atoms with van der Waals surface area (Å²) in [6, 6.07) is 0.189. The van der Waals surface area contributed by atoms with Crippen LogP contribution in [0.2, 0.25) is 0 Å². The first-order valence-electron chi connectivity index (χ1n) is 6.87. The standard InChI is InChI=1S/C13H28N4O/c1-10(2)8-15-13(18)11(3)17-6-5-16(4)9-12(17)7-14/h10-12H,5-9,14H2,1-4H3,(H,15,18). The van der Waals surface area contributed by atoms with Gasteiger partial charge in [0.15, 0.2) is 0 Å². The number of carbonyl (C=O) groups excluding carboxylic acids is 1. The monoisotopic (exact) mass is 256 g/mol. The minimum atomic E-state index is -0.0917. The van der Waals surface area contributed by atoms with E-state index in [0.717, 1.165) is 26.2 Å². The van der Waals surface area contributed by atoms with Crippen molar-refractivity contribution >= 4 is 5.91 Å². The summed E-state index contributed by atoms with van der Waals surface area (Å²) < 4.78 is 0. The molecule has 5 heteroatoms. The Balaban J connectivity index is 2.53. The van der Waals surface area contributed by atoms with E-state index in [9.17, 15) is 4.79 Å². The molecule has 0 spiro atoms. The third-order valence-electron chi connectivity index (χ3n) is 3.56. The predicted molar refractivity (Wildman–Crippen MR) is 74.4 cm³/mol. The normalized spacial score (nSPS) is 24.2. The maximum absolute atomic E-state index is 12.1. The highest BCUT2D eigenvalue weighted by Crippen LogP contribution is 2.11. The first kappa shape index (κ1) is 15.4. The average molecular weight is 256 g/mol. The Hall–Kier alpha value is -0.650. The smallest absolute Gasteiger partial charge is 0.237 e. The van der Waals surface area contributed by atoms with E-state index in [2.05, 4.69) is 36.0 Å². The third kappa shape index (κ3) is 4.23. The van der Waals surface area contributed by atoms with Crippen molar-refractivity contribution in [3.05, 3.63) is 0 Å². The predicted octanol–water partition coefficient (Wildman–Crippen LogP) is -0.278. The molecule has 106 valence electrons. The molecule has 0 aromatic carbocycles. The van der Waals surface area contributed by atoms with Crippen LogP contribution in [0.25, 0.3) is 0 Å². The first-order chi connectivity index (χ1) is 8.45. The summed E-state index contributed by atoms with van der Waals surface area (Å²) >= 11 is 0. The zero-order chi connectivity index (χ0) is 13.7. The number of carbonyl (C=O) groups is 1. The van der Waals surface area contributed by atoms with Crippen molar-refractivity contribution in [3.63, 3.8) is 0 Å². The molecule has 1 heterocycles. The van der Waals surface area contributed by atoms with Crippen molar-refractivity contribution in [2.24, 2.45) is 11.7 Å². The first-order valence-corrected chi connectivity index (χ1v) is 6.87. The summed E-state index contributed by atoms with van der Waals surface area (Å²) in [6.07, 6.45) is 0. The molecule has 1 aliphatic rings. The highest BCUT2D eigenvalue weighted by Gasteiger charge is 2.31. The molecule has 1 saturated heterocycles. The van der Waals surface area contributed by atoms with Crippen LogP contribution in [-0.2, 0) is 4.79 Å².